The largest absolute Gasteiger partial charge is 0.309 e. The van der Waals surface area contributed by atoms with Gasteiger partial charge in [-0.3, -0.25) is 0 Å². The monoisotopic (exact) mass is 877 g/mol. The van der Waals surface area contributed by atoms with E-state index in [0.29, 0.717) is 17.5 Å². The molecule has 0 N–H and O–H groups in total. The van der Waals surface area contributed by atoms with Gasteiger partial charge in [-0.2, -0.15) is 0 Å². The summed E-state index contributed by atoms with van der Waals surface area (Å²) in [5.41, 5.74) is 19.3. The summed E-state index contributed by atoms with van der Waals surface area (Å²) >= 11 is 0. The molecule has 0 atom stereocenters. The molecule has 3 heterocycles. The highest BCUT2D eigenvalue weighted by molar-refractivity contribution is 6.17. The number of benzene rings is 10. The summed E-state index contributed by atoms with van der Waals surface area (Å²) in [6.45, 7) is 0. The van der Waals surface area contributed by atoms with Gasteiger partial charge in [0.1, 0.15) is 0 Å². The highest BCUT2D eigenvalue weighted by atomic mass is 15.1. The smallest absolute Gasteiger partial charge is 0.166 e. The number of hydrogen-bond donors (Lipinski definition) is 0. The van der Waals surface area contributed by atoms with Crippen LogP contribution in [0.15, 0.2) is 237 Å². The zero-order valence-corrected chi connectivity index (χ0v) is 37.3. The lowest BCUT2D eigenvalue weighted by Gasteiger charge is -2.30. The van der Waals surface area contributed by atoms with E-state index in [1.54, 1.807) is 0 Å². The molecular weight excluding hydrogens is 839 g/mol. The number of para-hydroxylation sites is 4. The molecule has 0 saturated carbocycles. The predicted molar refractivity (Wildman–Crippen MR) is 281 cm³/mol. The summed E-state index contributed by atoms with van der Waals surface area (Å²) in [5.74, 6) is 1.82. The molecule has 0 radical (unpaired) electrons. The Kier molecular flexibility index (Phi) is 7.93. The second kappa shape index (κ2) is 14.4. The minimum absolute atomic E-state index is 0.477. The van der Waals surface area contributed by atoms with Crippen molar-refractivity contribution in [2.45, 2.75) is 5.41 Å². The minimum Gasteiger partial charge on any atom is -0.309 e. The SMILES string of the molecule is c1ccc(-c2nc(-c3cccc(-n4c5ccccc5c5ccccc54)c3)nc(-c3ccccc3-n3c4ccccc4c4ccc5c(c43)-c3ccccc3C53c4ccccc4-c4ccccc43)n2)cc1. The van der Waals surface area contributed by atoms with Crippen LogP contribution in [0.25, 0.3) is 111 Å². The molecule has 0 fully saturated rings. The van der Waals surface area contributed by atoms with E-state index in [9.17, 15) is 0 Å². The van der Waals surface area contributed by atoms with Gasteiger partial charge in [-0.15, -0.1) is 0 Å². The molecule has 320 valence electrons. The van der Waals surface area contributed by atoms with E-state index >= 15 is 0 Å². The van der Waals surface area contributed by atoms with Gasteiger partial charge in [-0.25, -0.2) is 15.0 Å². The van der Waals surface area contributed by atoms with Crippen LogP contribution in [-0.4, -0.2) is 24.1 Å². The van der Waals surface area contributed by atoms with E-state index < -0.39 is 5.41 Å². The molecule has 0 unspecified atom stereocenters. The minimum atomic E-state index is -0.477. The molecule has 0 amide bonds. The van der Waals surface area contributed by atoms with Gasteiger partial charge in [0.05, 0.1) is 33.2 Å². The van der Waals surface area contributed by atoms with Crippen molar-refractivity contribution in [3.63, 3.8) is 0 Å². The number of fused-ring (bicyclic) bond motifs is 17. The molecule has 0 bridgehead atoms. The first-order chi connectivity index (χ1) is 34.3. The van der Waals surface area contributed by atoms with E-state index in [-0.39, 0.29) is 0 Å². The number of nitrogens with zero attached hydrogens (tertiary/aromatic N) is 5. The van der Waals surface area contributed by atoms with Crippen LogP contribution in [0.3, 0.4) is 0 Å². The van der Waals surface area contributed by atoms with Crippen molar-refractivity contribution in [3.05, 3.63) is 259 Å². The van der Waals surface area contributed by atoms with E-state index in [2.05, 4.69) is 228 Å². The van der Waals surface area contributed by atoms with Crippen LogP contribution >= 0.6 is 0 Å². The fourth-order valence-corrected chi connectivity index (χ4v) is 12.1. The Labute approximate surface area is 397 Å². The number of aromatic nitrogens is 5. The molecular formula is C64H39N5. The fraction of sp³-hybridized carbons (Fsp3) is 0.0156. The van der Waals surface area contributed by atoms with Crippen LogP contribution in [0.2, 0.25) is 0 Å². The third-order valence-corrected chi connectivity index (χ3v) is 14.8. The van der Waals surface area contributed by atoms with Crippen molar-refractivity contribution < 1.29 is 0 Å². The first kappa shape index (κ1) is 38.0. The van der Waals surface area contributed by atoms with Crippen molar-refractivity contribution in [3.8, 4) is 67.8 Å². The molecule has 10 aromatic carbocycles. The lowest BCUT2D eigenvalue weighted by Crippen LogP contribution is -2.25. The van der Waals surface area contributed by atoms with E-state index in [0.717, 1.165) is 44.6 Å². The molecule has 0 aliphatic heterocycles. The second-order valence-electron chi connectivity index (χ2n) is 18.2. The average molecular weight is 878 g/mol. The second-order valence-corrected chi connectivity index (χ2v) is 18.2. The highest BCUT2D eigenvalue weighted by Crippen LogP contribution is 2.64. The first-order valence-electron chi connectivity index (χ1n) is 23.6. The van der Waals surface area contributed by atoms with Crippen LogP contribution in [0.5, 0.6) is 0 Å². The zero-order chi connectivity index (χ0) is 45.2. The summed E-state index contributed by atoms with van der Waals surface area (Å²) < 4.78 is 4.82. The third kappa shape index (κ3) is 5.21. The molecule has 5 nitrogen and oxygen atoms in total. The fourth-order valence-electron chi connectivity index (χ4n) is 12.1. The Morgan fingerprint density at radius 3 is 1.45 bits per heavy atom. The maximum Gasteiger partial charge on any atom is 0.166 e. The normalized spacial score (nSPS) is 13.0. The number of hydrogen-bond acceptors (Lipinski definition) is 3. The van der Waals surface area contributed by atoms with E-state index in [4.69, 9.17) is 15.0 Å². The Balaban J connectivity index is 0.989. The lowest BCUT2D eigenvalue weighted by molar-refractivity contribution is 0.794. The molecule has 1 spiro atoms. The summed E-state index contributed by atoms with van der Waals surface area (Å²) in [6, 6.07) is 85.5. The van der Waals surface area contributed by atoms with Gasteiger partial charge in [0.25, 0.3) is 0 Å². The molecule has 3 aromatic heterocycles. The summed E-state index contributed by atoms with van der Waals surface area (Å²) in [4.78, 5) is 16.1. The summed E-state index contributed by atoms with van der Waals surface area (Å²) in [7, 11) is 0. The van der Waals surface area contributed by atoms with Gasteiger partial charge >= 0.3 is 0 Å². The van der Waals surface area contributed by atoms with Crippen molar-refractivity contribution in [2.24, 2.45) is 0 Å². The van der Waals surface area contributed by atoms with Gasteiger partial charge in [0, 0.05) is 49.5 Å². The quantitative estimate of drug-likeness (QED) is 0.173. The molecule has 69 heavy (non-hydrogen) atoms. The predicted octanol–water partition coefficient (Wildman–Crippen LogP) is 15.4. The average Bonchev–Trinajstić information content (AvgIpc) is 4.13. The van der Waals surface area contributed by atoms with Crippen molar-refractivity contribution in [2.75, 3.05) is 0 Å². The Bertz CT molecular complexity index is 4170. The maximum absolute atomic E-state index is 5.45. The third-order valence-electron chi connectivity index (χ3n) is 14.8. The molecule has 15 rings (SSSR count). The molecule has 2 aliphatic rings. The number of rotatable bonds is 5. The summed E-state index contributed by atoms with van der Waals surface area (Å²) in [5, 5.41) is 4.83. The zero-order valence-electron chi connectivity index (χ0n) is 37.3. The van der Waals surface area contributed by atoms with Gasteiger partial charge in [0.2, 0.25) is 0 Å². The van der Waals surface area contributed by atoms with Crippen molar-refractivity contribution in [1.29, 1.82) is 0 Å². The molecule has 5 heteroatoms. The van der Waals surface area contributed by atoms with Crippen molar-refractivity contribution >= 4 is 43.6 Å². The van der Waals surface area contributed by atoms with Crippen LogP contribution in [-0.2, 0) is 5.41 Å². The van der Waals surface area contributed by atoms with Crippen LogP contribution in [0.1, 0.15) is 22.3 Å². The van der Waals surface area contributed by atoms with Crippen LogP contribution < -0.4 is 0 Å². The Morgan fingerprint density at radius 1 is 0.304 bits per heavy atom. The Hall–Kier alpha value is -9.19. The molecule has 13 aromatic rings. The standard InChI is InChI=1S/C64H39N5/c1-2-19-40(20-3-1)61-65-62(41-21-18-22-42(39-41)68-55-33-14-7-25-45(55)46-26-8-15-34-56(46)68)67-63(66-61)50-29-10-17-36-58(50)69-57-35-16-9-27-47(57)48-37-38-54-59(60(48)69)49-28-6-13-32-53(49)64(54)51-30-11-4-23-43(51)44-24-5-12-31-52(44)64/h1-39H. The van der Waals surface area contributed by atoms with Gasteiger partial charge in [0.15, 0.2) is 17.5 Å². The maximum atomic E-state index is 5.45. The first-order valence-corrected chi connectivity index (χ1v) is 23.6. The van der Waals surface area contributed by atoms with Crippen LogP contribution in [0.4, 0.5) is 0 Å². The topological polar surface area (TPSA) is 48.5 Å². The lowest BCUT2D eigenvalue weighted by atomic mass is 9.70. The van der Waals surface area contributed by atoms with E-state index in [1.165, 1.54) is 71.6 Å². The van der Waals surface area contributed by atoms with Gasteiger partial charge in [-0.05, 0) is 81.4 Å². The Morgan fingerprint density at radius 2 is 0.783 bits per heavy atom. The highest BCUT2D eigenvalue weighted by Gasteiger charge is 2.52. The van der Waals surface area contributed by atoms with Crippen molar-refractivity contribution in [1.82, 2.24) is 24.1 Å². The van der Waals surface area contributed by atoms with E-state index in [1.807, 2.05) is 18.2 Å². The van der Waals surface area contributed by atoms with Gasteiger partial charge < -0.3 is 9.13 Å². The summed E-state index contributed by atoms with van der Waals surface area (Å²) in [6.07, 6.45) is 0. The van der Waals surface area contributed by atoms with Crippen LogP contribution in [0, 0.1) is 0 Å². The molecule has 2 aliphatic carbocycles. The van der Waals surface area contributed by atoms with Gasteiger partial charge in [-0.1, -0.05) is 194 Å². The molecule has 0 saturated heterocycles.